The number of hydrogen-bond acceptors (Lipinski definition) is 3. The van der Waals surface area contributed by atoms with Crippen LogP contribution in [0.15, 0.2) is 41.3 Å². The number of para-hydroxylation sites is 1. The highest BCUT2D eigenvalue weighted by molar-refractivity contribution is 7.92. The van der Waals surface area contributed by atoms with E-state index in [0.29, 0.717) is 0 Å². The third-order valence-corrected chi connectivity index (χ3v) is 4.57. The van der Waals surface area contributed by atoms with E-state index in [2.05, 4.69) is 4.72 Å². The molecule has 0 bridgehead atoms. The highest BCUT2D eigenvalue weighted by Gasteiger charge is 2.23. The molecule has 0 atom stereocenters. The molecule has 0 aliphatic heterocycles. The summed E-state index contributed by atoms with van der Waals surface area (Å²) >= 11 is 11.6. The van der Waals surface area contributed by atoms with E-state index >= 15 is 0 Å². The average molecular weight is 350 g/mol. The summed E-state index contributed by atoms with van der Waals surface area (Å²) in [6.45, 7) is -0.666. The van der Waals surface area contributed by atoms with E-state index in [9.17, 15) is 12.8 Å². The molecule has 8 heteroatoms. The van der Waals surface area contributed by atoms with Crippen LogP contribution in [-0.4, -0.2) is 13.5 Å². The molecule has 0 saturated carbocycles. The van der Waals surface area contributed by atoms with Gasteiger partial charge >= 0.3 is 0 Å². The van der Waals surface area contributed by atoms with Crippen LogP contribution in [0.2, 0.25) is 10.0 Å². The van der Waals surface area contributed by atoms with E-state index in [1.807, 2.05) is 0 Å². The Kier molecular flexibility index (Phi) is 4.73. The lowest BCUT2D eigenvalue weighted by molar-refractivity contribution is 0.274. The van der Waals surface area contributed by atoms with Crippen LogP contribution in [0, 0.1) is 5.82 Å². The van der Waals surface area contributed by atoms with Crippen LogP contribution in [0.25, 0.3) is 0 Å². The number of aliphatic hydroxyl groups is 1. The van der Waals surface area contributed by atoms with Gasteiger partial charge < -0.3 is 5.11 Å². The topological polar surface area (TPSA) is 66.4 Å². The number of anilines is 1. The second-order valence-corrected chi connectivity index (χ2v) is 6.61. The monoisotopic (exact) mass is 349 g/mol. The number of sulfonamides is 1. The van der Waals surface area contributed by atoms with Gasteiger partial charge in [0.25, 0.3) is 10.0 Å². The molecule has 2 aromatic carbocycles. The second-order valence-electron chi connectivity index (χ2n) is 4.12. The molecule has 0 spiro atoms. The van der Waals surface area contributed by atoms with Gasteiger partial charge in [-0.15, -0.1) is 0 Å². The second kappa shape index (κ2) is 6.19. The molecule has 0 heterocycles. The Morgan fingerprint density at radius 3 is 2.48 bits per heavy atom. The molecular weight excluding hydrogens is 340 g/mol. The van der Waals surface area contributed by atoms with Gasteiger partial charge in [0.15, 0.2) is 0 Å². The average Bonchev–Trinajstić information content (AvgIpc) is 2.43. The highest BCUT2D eigenvalue weighted by Crippen LogP contribution is 2.28. The van der Waals surface area contributed by atoms with Gasteiger partial charge in [-0.1, -0.05) is 35.3 Å². The van der Waals surface area contributed by atoms with Gasteiger partial charge in [-0.2, -0.15) is 0 Å². The molecule has 0 amide bonds. The van der Waals surface area contributed by atoms with Crippen LogP contribution in [0.3, 0.4) is 0 Å². The molecule has 4 nitrogen and oxygen atoms in total. The van der Waals surface area contributed by atoms with Crippen LogP contribution in [-0.2, 0) is 16.6 Å². The molecule has 112 valence electrons. The van der Waals surface area contributed by atoms with E-state index in [-0.39, 0.29) is 21.3 Å². The first-order valence-corrected chi connectivity index (χ1v) is 7.95. The lowest BCUT2D eigenvalue weighted by Gasteiger charge is -2.12. The molecule has 2 N–H and O–H groups in total. The zero-order valence-electron chi connectivity index (χ0n) is 10.5. The maximum absolute atomic E-state index is 14.1. The third-order valence-electron chi connectivity index (χ3n) is 2.66. The van der Waals surface area contributed by atoms with Crippen LogP contribution in [0.1, 0.15) is 5.56 Å². The number of halogens is 3. The predicted octanol–water partition coefficient (Wildman–Crippen LogP) is 3.43. The third kappa shape index (κ3) is 3.47. The molecule has 0 fully saturated rings. The fourth-order valence-corrected chi connectivity index (χ4v) is 3.44. The number of nitrogens with one attached hydrogen (secondary N) is 1. The summed E-state index contributed by atoms with van der Waals surface area (Å²) in [6.07, 6.45) is 0. The molecule has 2 rings (SSSR count). The number of hydrogen-bond donors (Lipinski definition) is 2. The van der Waals surface area contributed by atoms with Gasteiger partial charge in [-0.25, -0.2) is 12.8 Å². The SMILES string of the molecule is O=S(=O)(Nc1ccccc1Cl)c1cc(Cl)cc(CO)c1F. The van der Waals surface area contributed by atoms with E-state index in [1.54, 1.807) is 12.1 Å². The maximum Gasteiger partial charge on any atom is 0.264 e. The maximum atomic E-state index is 14.1. The van der Waals surface area contributed by atoms with Crippen molar-refractivity contribution in [2.45, 2.75) is 11.5 Å². The van der Waals surface area contributed by atoms with E-state index < -0.39 is 27.3 Å². The molecule has 0 aliphatic carbocycles. The van der Waals surface area contributed by atoms with Gasteiger partial charge in [-0.3, -0.25) is 4.72 Å². The van der Waals surface area contributed by atoms with Crippen LogP contribution >= 0.6 is 23.2 Å². The van der Waals surface area contributed by atoms with Gasteiger partial charge in [0.05, 0.1) is 17.3 Å². The normalized spacial score (nSPS) is 11.4. The standard InChI is InChI=1S/C13H10Cl2FNO3S/c14-9-5-8(7-18)13(16)12(6-9)21(19,20)17-11-4-2-1-3-10(11)15/h1-6,17-18H,7H2. The van der Waals surface area contributed by atoms with Gasteiger partial charge in [-0.05, 0) is 24.3 Å². The summed E-state index contributed by atoms with van der Waals surface area (Å²) in [7, 11) is -4.23. The van der Waals surface area contributed by atoms with Crippen molar-refractivity contribution in [2.24, 2.45) is 0 Å². The first kappa shape index (κ1) is 16.0. The van der Waals surface area contributed by atoms with Crippen molar-refractivity contribution >= 4 is 38.9 Å². The lowest BCUT2D eigenvalue weighted by atomic mass is 10.2. The minimum absolute atomic E-state index is 0.0000152. The van der Waals surface area contributed by atoms with Crippen molar-refractivity contribution in [3.8, 4) is 0 Å². The summed E-state index contributed by atoms with van der Waals surface area (Å²) in [5, 5.41) is 9.20. The molecule has 0 radical (unpaired) electrons. The Labute approximate surface area is 131 Å². The van der Waals surface area contributed by atoms with Crippen molar-refractivity contribution in [3.63, 3.8) is 0 Å². The minimum atomic E-state index is -4.23. The van der Waals surface area contributed by atoms with Gasteiger partial charge in [0.1, 0.15) is 10.7 Å². The molecule has 0 aromatic heterocycles. The van der Waals surface area contributed by atoms with Crippen molar-refractivity contribution < 1.29 is 17.9 Å². The largest absolute Gasteiger partial charge is 0.392 e. The zero-order chi connectivity index (χ0) is 15.6. The molecule has 2 aromatic rings. The van der Waals surface area contributed by atoms with Crippen molar-refractivity contribution in [1.82, 2.24) is 0 Å². The number of aliphatic hydroxyl groups excluding tert-OH is 1. The van der Waals surface area contributed by atoms with E-state index in [1.165, 1.54) is 12.1 Å². The van der Waals surface area contributed by atoms with Crippen LogP contribution in [0.4, 0.5) is 10.1 Å². The smallest absolute Gasteiger partial charge is 0.264 e. The molecule has 0 aliphatic rings. The van der Waals surface area contributed by atoms with Gasteiger partial charge in [0, 0.05) is 10.6 Å². The highest BCUT2D eigenvalue weighted by atomic mass is 35.5. The van der Waals surface area contributed by atoms with Gasteiger partial charge in [0.2, 0.25) is 0 Å². The van der Waals surface area contributed by atoms with Crippen molar-refractivity contribution in [1.29, 1.82) is 0 Å². The molecule has 0 saturated heterocycles. The predicted molar refractivity (Wildman–Crippen MR) is 79.6 cm³/mol. The molecule has 0 unspecified atom stereocenters. The molecule has 21 heavy (non-hydrogen) atoms. The number of rotatable bonds is 4. The molecular formula is C13H10Cl2FNO3S. The fourth-order valence-electron chi connectivity index (χ4n) is 1.67. The summed E-state index contributed by atoms with van der Waals surface area (Å²) in [4.78, 5) is -0.654. The summed E-state index contributed by atoms with van der Waals surface area (Å²) in [5.74, 6) is -1.05. The van der Waals surface area contributed by atoms with Crippen molar-refractivity contribution in [3.05, 3.63) is 57.8 Å². The Balaban J connectivity index is 2.50. The Bertz CT molecular complexity index is 781. The summed E-state index contributed by atoms with van der Waals surface area (Å²) < 4.78 is 40.8. The van der Waals surface area contributed by atoms with Crippen molar-refractivity contribution in [2.75, 3.05) is 4.72 Å². The quantitative estimate of drug-likeness (QED) is 0.888. The Morgan fingerprint density at radius 2 is 1.86 bits per heavy atom. The van der Waals surface area contributed by atoms with Crippen LogP contribution in [0.5, 0.6) is 0 Å². The summed E-state index contributed by atoms with van der Waals surface area (Å²) in [5.41, 5.74) is -0.0916. The van der Waals surface area contributed by atoms with E-state index in [4.69, 9.17) is 28.3 Å². The first-order valence-electron chi connectivity index (χ1n) is 5.71. The summed E-state index contributed by atoms with van der Waals surface area (Å²) in [6, 6.07) is 8.27. The first-order chi connectivity index (χ1) is 9.85. The van der Waals surface area contributed by atoms with E-state index in [0.717, 1.165) is 12.1 Å². The lowest BCUT2D eigenvalue weighted by Crippen LogP contribution is -2.16. The fraction of sp³-hybridized carbons (Fsp3) is 0.0769. The minimum Gasteiger partial charge on any atom is -0.392 e. The Hall–Kier alpha value is -1.34. The van der Waals surface area contributed by atoms with Crippen LogP contribution < -0.4 is 4.72 Å². The number of benzene rings is 2. The zero-order valence-corrected chi connectivity index (χ0v) is 12.8. The Morgan fingerprint density at radius 1 is 1.19 bits per heavy atom.